The topological polar surface area (TPSA) is 67.7 Å². The van der Waals surface area contributed by atoms with Gasteiger partial charge in [-0.15, -0.1) is 0 Å². The number of rotatable bonds is 6. The lowest BCUT2D eigenvalue weighted by Gasteiger charge is -2.30. The molecule has 4 heterocycles. The van der Waals surface area contributed by atoms with Crippen LogP contribution in [0.5, 0.6) is 0 Å². The van der Waals surface area contributed by atoms with E-state index < -0.39 is 5.67 Å². The molecule has 0 unspecified atom stereocenters. The zero-order chi connectivity index (χ0) is 18.7. The molecule has 1 atom stereocenters. The van der Waals surface area contributed by atoms with Crippen LogP contribution < -0.4 is 10.6 Å². The number of anilines is 1. The smallest absolute Gasteiger partial charge is 0.136 e. The van der Waals surface area contributed by atoms with Crippen LogP contribution in [-0.4, -0.2) is 45.1 Å². The molecular formula is C20H25FN6. The van der Waals surface area contributed by atoms with Crippen LogP contribution in [0.15, 0.2) is 36.8 Å². The Balaban J connectivity index is 1.58. The van der Waals surface area contributed by atoms with Crippen molar-refractivity contribution in [2.24, 2.45) is 0 Å². The summed E-state index contributed by atoms with van der Waals surface area (Å²) in [6, 6.07) is 5.86. The summed E-state index contributed by atoms with van der Waals surface area (Å²) in [5, 5.41) is 11.8. The number of hydrogen-bond acceptors (Lipinski definition) is 5. The molecule has 0 bridgehead atoms. The highest BCUT2D eigenvalue weighted by atomic mass is 19.1. The highest BCUT2D eigenvalue weighted by molar-refractivity contribution is 5.91. The predicted molar refractivity (Wildman–Crippen MR) is 105 cm³/mol. The van der Waals surface area contributed by atoms with Gasteiger partial charge in [0.15, 0.2) is 0 Å². The number of aryl methyl sites for hydroxylation is 1. The lowest BCUT2D eigenvalue weighted by Crippen LogP contribution is -2.43. The normalized spacial score (nSPS) is 20.1. The van der Waals surface area contributed by atoms with Crippen LogP contribution >= 0.6 is 0 Å². The van der Waals surface area contributed by atoms with E-state index in [0.717, 1.165) is 47.5 Å². The minimum Gasteiger partial charge on any atom is -0.369 e. The van der Waals surface area contributed by atoms with Crippen molar-refractivity contribution in [3.63, 3.8) is 0 Å². The summed E-state index contributed by atoms with van der Waals surface area (Å²) in [7, 11) is 0. The summed E-state index contributed by atoms with van der Waals surface area (Å²) in [4.78, 5) is 9.26. The standard InChI is InChI=1S/C20H25FN6/c1-2-27-13-15(12-25-27)17-11-18-16(5-3-9-23-18)19(26-17)24-10-7-20(21)6-4-8-22-14-20/h3,5,9,11-13,22H,2,4,6-8,10,14H2,1H3,(H,24,26)/t20-/m1/s1. The molecule has 7 heteroatoms. The monoisotopic (exact) mass is 368 g/mol. The first-order chi connectivity index (χ1) is 13.2. The van der Waals surface area contributed by atoms with Gasteiger partial charge in [-0.2, -0.15) is 5.10 Å². The minimum absolute atomic E-state index is 0.431. The molecule has 2 N–H and O–H groups in total. The Hall–Kier alpha value is -2.54. The molecule has 0 aromatic carbocycles. The fourth-order valence-electron chi connectivity index (χ4n) is 3.58. The van der Waals surface area contributed by atoms with Gasteiger partial charge in [0, 0.05) is 43.0 Å². The lowest BCUT2D eigenvalue weighted by molar-refractivity contribution is 0.115. The van der Waals surface area contributed by atoms with Gasteiger partial charge in [0.2, 0.25) is 0 Å². The molecule has 1 saturated heterocycles. The van der Waals surface area contributed by atoms with E-state index in [1.807, 2.05) is 42.2 Å². The fraction of sp³-hybridized carbons (Fsp3) is 0.450. The summed E-state index contributed by atoms with van der Waals surface area (Å²) >= 11 is 0. The number of halogens is 1. The molecule has 0 amide bonds. The summed E-state index contributed by atoms with van der Waals surface area (Å²) in [5.41, 5.74) is 1.49. The van der Waals surface area contributed by atoms with Gasteiger partial charge in [-0.05, 0) is 50.9 Å². The fourth-order valence-corrected chi connectivity index (χ4v) is 3.58. The van der Waals surface area contributed by atoms with E-state index in [9.17, 15) is 4.39 Å². The van der Waals surface area contributed by atoms with Crippen molar-refractivity contribution in [2.75, 3.05) is 25.0 Å². The zero-order valence-electron chi connectivity index (χ0n) is 15.6. The highest BCUT2D eigenvalue weighted by Crippen LogP contribution is 2.28. The van der Waals surface area contributed by atoms with Crippen LogP contribution in [0.25, 0.3) is 22.2 Å². The molecule has 6 nitrogen and oxygen atoms in total. The summed E-state index contributed by atoms with van der Waals surface area (Å²) < 4.78 is 16.7. The van der Waals surface area contributed by atoms with E-state index in [-0.39, 0.29) is 0 Å². The van der Waals surface area contributed by atoms with Crippen molar-refractivity contribution in [1.29, 1.82) is 0 Å². The Morgan fingerprint density at radius 2 is 2.33 bits per heavy atom. The van der Waals surface area contributed by atoms with E-state index in [1.165, 1.54) is 0 Å². The lowest BCUT2D eigenvalue weighted by atomic mass is 9.93. The van der Waals surface area contributed by atoms with E-state index in [2.05, 4.69) is 20.7 Å². The number of nitrogens with zero attached hydrogens (tertiary/aromatic N) is 4. The van der Waals surface area contributed by atoms with Crippen LogP contribution in [0.3, 0.4) is 0 Å². The van der Waals surface area contributed by atoms with Crippen LogP contribution in [0.4, 0.5) is 10.2 Å². The number of nitrogens with one attached hydrogen (secondary N) is 2. The Kier molecular flexibility index (Phi) is 5.03. The maximum atomic E-state index is 14.8. The SMILES string of the molecule is CCn1cc(-c2cc3ncccc3c(NCC[C@]3(F)CCCNC3)n2)cn1. The Morgan fingerprint density at radius 3 is 3.11 bits per heavy atom. The zero-order valence-corrected chi connectivity index (χ0v) is 15.6. The molecule has 3 aromatic heterocycles. The second-order valence-electron chi connectivity index (χ2n) is 7.12. The van der Waals surface area contributed by atoms with Crippen LogP contribution in [0.1, 0.15) is 26.2 Å². The quantitative estimate of drug-likeness (QED) is 0.698. The molecule has 142 valence electrons. The molecule has 4 rings (SSSR count). The average Bonchev–Trinajstić information content (AvgIpc) is 3.17. The molecule has 0 radical (unpaired) electrons. The summed E-state index contributed by atoms with van der Waals surface area (Å²) in [6.07, 6.45) is 7.53. The highest BCUT2D eigenvalue weighted by Gasteiger charge is 2.31. The van der Waals surface area contributed by atoms with Gasteiger partial charge < -0.3 is 10.6 Å². The Labute approximate surface area is 158 Å². The molecule has 1 aliphatic rings. The van der Waals surface area contributed by atoms with Crippen LogP contribution in [-0.2, 0) is 6.54 Å². The van der Waals surface area contributed by atoms with Gasteiger partial charge >= 0.3 is 0 Å². The second kappa shape index (κ2) is 7.60. The molecule has 27 heavy (non-hydrogen) atoms. The van der Waals surface area contributed by atoms with Crippen molar-refractivity contribution in [2.45, 2.75) is 38.4 Å². The van der Waals surface area contributed by atoms with Gasteiger partial charge in [-0.25, -0.2) is 9.37 Å². The molecule has 3 aromatic rings. The Bertz CT molecular complexity index is 916. The third kappa shape index (κ3) is 3.93. The number of alkyl halides is 1. The largest absolute Gasteiger partial charge is 0.369 e. The maximum Gasteiger partial charge on any atom is 0.136 e. The minimum atomic E-state index is -1.14. The van der Waals surface area contributed by atoms with Crippen molar-refractivity contribution in [3.8, 4) is 11.3 Å². The summed E-state index contributed by atoms with van der Waals surface area (Å²) in [5.74, 6) is 0.743. The molecule has 1 fully saturated rings. The number of piperidine rings is 1. The van der Waals surface area contributed by atoms with Crippen LogP contribution in [0.2, 0.25) is 0 Å². The van der Waals surface area contributed by atoms with Crippen molar-refractivity contribution >= 4 is 16.7 Å². The van der Waals surface area contributed by atoms with E-state index in [4.69, 9.17) is 4.98 Å². The Morgan fingerprint density at radius 1 is 1.41 bits per heavy atom. The van der Waals surface area contributed by atoms with E-state index in [0.29, 0.717) is 25.9 Å². The average molecular weight is 368 g/mol. The number of pyridine rings is 2. The van der Waals surface area contributed by atoms with Crippen molar-refractivity contribution in [3.05, 3.63) is 36.8 Å². The molecule has 1 aliphatic heterocycles. The third-order valence-electron chi connectivity index (χ3n) is 5.14. The second-order valence-corrected chi connectivity index (χ2v) is 7.12. The van der Waals surface area contributed by atoms with E-state index >= 15 is 0 Å². The predicted octanol–water partition coefficient (Wildman–Crippen LogP) is 3.41. The van der Waals surface area contributed by atoms with E-state index in [1.54, 1.807) is 6.20 Å². The molecule has 0 aliphatic carbocycles. The van der Waals surface area contributed by atoms with Gasteiger partial charge in [-0.3, -0.25) is 9.67 Å². The maximum absolute atomic E-state index is 14.8. The number of fused-ring (bicyclic) bond motifs is 1. The van der Waals surface area contributed by atoms with Crippen molar-refractivity contribution < 1.29 is 4.39 Å². The van der Waals surface area contributed by atoms with Crippen molar-refractivity contribution in [1.82, 2.24) is 25.1 Å². The van der Waals surface area contributed by atoms with Gasteiger partial charge in [0.05, 0.1) is 17.4 Å². The van der Waals surface area contributed by atoms with Crippen LogP contribution in [0, 0.1) is 0 Å². The first kappa shape index (κ1) is 17.9. The molecule has 0 spiro atoms. The molecule has 0 saturated carbocycles. The molecular weight excluding hydrogens is 343 g/mol. The number of aromatic nitrogens is 4. The van der Waals surface area contributed by atoms with Gasteiger partial charge in [0.25, 0.3) is 0 Å². The first-order valence-electron chi connectivity index (χ1n) is 9.59. The first-order valence-corrected chi connectivity index (χ1v) is 9.59. The van der Waals surface area contributed by atoms with Gasteiger partial charge in [0.1, 0.15) is 11.5 Å². The third-order valence-corrected chi connectivity index (χ3v) is 5.14. The summed E-state index contributed by atoms with van der Waals surface area (Å²) in [6.45, 7) is 4.73. The van der Waals surface area contributed by atoms with Gasteiger partial charge in [-0.1, -0.05) is 0 Å². The number of hydrogen-bond donors (Lipinski definition) is 2.